The number of hydrogen-bond acceptors (Lipinski definition) is 2. The molecule has 0 fully saturated rings. The van der Waals surface area contributed by atoms with E-state index in [0.29, 0.717) is 0 Å². The van der Waals surface area contributed by atoms with Crippen LogP contribution in [0.4, 0.5) is 17.1 Å². The zero-order valence-corrected chi connectivity index (χ0v) is 30.6. The van der Waals surface area contributed by atoms with Crippen molar-refractivity contribution < 1.29 is 51.0 Å². The van der Waals surface area contributed by atoms with Crippen molar-refractivity contribution in [3.05, 3.63) is 210 Å². The average molecular weight is 804 g/mol. The van der Waals surface area contributed by atoms with Gasteiger partial charge in [0.15, 0.2) is 0 Å². The molecule has 0 saturated carbocycles. The van der Waals surface area contributed by atoms with Crippen LogP contribution < -0.4 is 4.90 Å². The molecule has 286 valence electrons. The van der Waals surface area contributed by atoms with Crippen molar-refractivity contribution in [2.45, 2.75) is 38.2 Å². The maximum absolute atomic E-state index is 10.4. The first kappa shape index (κ1) is 14.8. The Balaban J connectivity index is 1.28. The highest BCUT2D eigenvalue weighted by atomic mass is 16.3. The minimum absolute atomic E-state index is 0.143. The fraction of sp³-hybridized carbons (Fsp3) is 0.103. The third-order valence-electron chi connectivity index (χ3n) is 10.8. The Kier molecular flexibility index (Phi) is 3.13. The number of furan rings is 1. The van der Waals surface area contributed by atoms with Gasteiger partial charge in [-0.15, -0.1) is 0 Å². The summed E-state index contributed by atoms with van der Waals surface area (Å²) >= 11 is 0. The summed E-state index contributed by atoms with van der Waals surface area (Å²) in [4.78, 5) is 0.738. The molecule has 2 aliphatic carbocycles. The van der Waals surface area contributed by atoms with Crippen LogP contribution in [0.3, 0.4) is 0 Å². The second-order valence-electron chi connectivity index (χ2n) is 14.2. The Labute approximate surface area is 398 Å². The van der Waals surface area contributed by atoms with E-state index in [2.05, 4.69) is 0 Å². The minimum Gasteiger partial charge on any atom is -0.456 e. The lowest BCUT2D eigenvalue weighted by molar-refractivity contribution is 0.660. The molecule has 12 rings (SSSR count). The third-order valence-corrected chi connectivity index (χ3v) is 10.8. The topological polar surface area (TPSA) is 16.4 Å². The highest BCUT2D eigenvalue weighted by molar-refractivity contribution is 6.07. The summed E-state index contributed by atoms with van der Waals surface area (Å²) in [6, 6.07) is -10.9. The predicted octanol–water partition coefficient (Wildman–Crippen LogP) is 16.2. The maximum Gasteiger partial charge on any atom is 0.137 e. The number of benzene rings is 9. The van der Waals surface area contributed by atoms with E-state index in [9.17, 15) is 16.4 Å². The largest absolute Gasteiger partial charge is 0.456 e. The van der Waals surface area contributed by atoms with Gasteiger partial charge in [-0.3, -0.25) is 0 Å². The molecule has 1 heterocycles. The number of fused-ring (bicyclic) bond motifs is 10. The van der Waals surface area contributed by atoms with Crippen molar-refractivity contribution >= 4 is 49.8 Å². The Bertz CT molecular complexity index is 5100. The summed E-state index contributed by atoms with van der Waals surface area (Å²) < 4.78 is 318. The summed E-state index contributed by atoms with van der Waals surface area (Å²) in [7, 11) is 0. The van der Waals surface area contributed by atoms with Crippen LogP contribution in [0.2, 0.25) is 0 Å². The Morgan fingerprint density at radius 1 is 0.450 bits per heavy atom. The van der Waals surface area contributed by atoms with Crippen LogP contribution in [0.5, 0.6) is 0 Å². The third kappa shape index (κ3) is 5.01. The van der Waals surface area contributed by atoms with Gasteiger partial charge in [-0.1, -0.05) is 160 Å². The summed E-state index contributed by atoms with van der Waals surface area (Å²) in [6.45, 7) is -15.1. The fourth-order valence-electron chi connectivity index (χ4n) is 8.08. The Hall–Kier alpha value is -7.16. The van der Waals surface area contributed by atoms with Gasteiger partial charge in [0.2, 0.25) is 0 Å². The zero-order valence-electron chi connectivity index (χ0n) is 64.6. The molecular weight excluding hydrogens is 727 g/mol. The van der Waals surface area contributed by atoms with Gasteiger partial charge in [0, 0.05) is 61.2 Å². The molecule has 60 heavy (non-hydrogen) atoms. The van der Waals surface area contributed by atoms with Crippen molar-refractivity contribution in [1.82, 2.24) is 0 Å². The first-order valence-electron chi connectivity index (χ1n) is 35.3. The highest BCUT2D eigenvalue weighted by Gasteiger charge is 2.37. The molecule has 0 amide bonds. The normalized spacial score (nSPS) is 23.2. The van der Waals surface area contributed by atoms with Crippen molar-refractivity contribution in [3.8, 4) is 44.5 Å². The van der Waals surface area contributed by atoms with E-state index >= 15 is 0 Å². The quantitative estimate of drug-likeness (QED) is 0.172. The number of para-hydroxylation sites is 1. The number of hydrogen-bond donors (Lipinski definition) is 0. The van der Waals surface area contributed by atoms with Crippen molar-refractivity contribution in [2.75, 3.05) is 4.90 Å². The average Bonchev–Trinajstić information content (AvgIpc) is 1.49. The second kappa shape index (κ2) is 12.7. The molecule has 0 unspecified atom stereocenters. The van der Waals surface area contributed by atoms with Gasteiger partial charge in [0.25, 0.3) is 0 Å². The standard InChI is InChI=1S/C58H43NO/c1-57(2)51-22-11-8-19-45(51)49-33-38(25-31-52(49)57)56-42-17-6-5-14-36(42)24-28-43(56)37-15-13-16-39(32-37)59(41-27-30-48-47-20-9-12-23-54(47)60-55(48)35-41)40-26-29-46-44-18-7-10-21-50(44)58(3,4)53(46)34-40/h5-35H,1-4H3/i1D3,2D3,3D3,4D3,5D,7D,8D,9D,11D,12D,13D,14D,15D,16D,17D,20D,21D,22D,24D,25D,29D,30D,31D,32D,33D,34D. The van der Waals surface area contributed by atoms with Gasteiger partial charge in [-0.05, 0) is 126 Å². The Morgan fingerprint density at radius 3 is 2.17 bits per heavy atom. The Morgan fingerprint density at radius 2 is 1.23 bits per heavy atom. The lowest BCUT2D eigenvalue weighted by Gasteiger charge is -2.28. The van der Waals surface area contributed by atoms with Crippen LogP contribution in [0, 0.1) is 0 Å². The van der Waals surface area contributed by atoms with E-state index in [0.717, 1.165) is 59.5 Å². The zero-order chi connectivity index (χ0) is 69.5. The molecule has 0 N–H and O–H groups in total. The fourth-order valence-corrected chi connectivity index (χ4v) is 8.08. The van der Waals surface area contributed by atoms with Gasteiger partial charge in [-0.2, -0.15) is 0 Å². The van der Waals surface area contributed by atoms with Gasteiger partial charge >= 0.3 is 0 Å². The van der Waals surface area contributed by atoms with E-state index in [1.807, 2.05) is 0 Å². The SMILES string of the molecule is [2H]c1cc([2H])c2c(c1)-c1c([2H])cc(N(c3cc([2H])c4c(c3)oc3cc([2H])c([2H])c([2H])c34)c3c([2H])c([2H])c([2H])c(-c4cc([2H])c5c([2H])c([2H])cc([2H])c5c4-c4c([2H])c([2H])c5c(c4[2H])-c4cc([2H])c([2H])c([2H])c4C5(C([2H])([2H])[2H])C([2H])([2H])[2H])c3[2H])c([2H])c1C2(C([2H])([2H])[2H])C([2H])([2H])[2H]. The van der Waals surface area contributed by atoms with Gasteiger partial charge in [0.1, 0.15) is 11.2 Å². The first-order chi connectivity index (χ1) is 43.4. The second-order valence-corrected chi connectivity index (χ2v) is 14.2. The molecule has 0 aliphatic heterocycles. The molecule has 0 bridgehead atoms. The molecule has 10 aromatic rings. The number of nitrogens with zero attached hydrogens (tertiary/aromatic N) is 1. The summed E-state index contributed by atoms with van der Waals surface area (Å²) in [5, 5.41) is -1.53. The molecule has 2 nitrogen and oxygen atoms in total. The van der Waals surface area contributed by atoms with Crippen LogP contribution >= 0.6 is 0 Å². The molecular formula is C58H43NO. The van der Waals surface area contributed by atoms with Crippen molar-refractivity contribution in [3.63, 3.8) is 0 Å². The molecule has 0 atom stereocenters. The maximum atomic E-state index is 10.4. The van der Waals surface area contributed by atoms with Crippen LogP contribution in [0.1, 0.15) is 96.3 Å². The molecule has 2 aliphatic rings. The molecule has 2 heteroatoms. The molecule has 0 radical (unpaired) electrons. The van der Waals surface area contributed by atoms with Gasteiger partial charge in [0.05, 0.1) is 30.2 Å². The van der Waals surface area contributed by atoms with E-state index in [-0.39, 0.29) is 21.9 Å². The first-order valence-corrected chi connectivity index (χ1v) is 18.3. The van der Waals surface area contributed by atoms with E-state index in [4.69, 9.17) is 34.6 Å². The molecule has 0 spiro atoms. The van der Waals surface area contributed by atoms with Crippen LogP contribution in [0.15, 0.2) is 192 Å². The lowest BCUT2D eigenvalue weighted by Crippen LogP contribution is -2.16. The monoisotopic (exact) mass is 804 g/mol. The number of rotatable bonds is 5. The summed E-state index contributed by atoms with van der Waals surface area (Å²) in [5.41, 5.74) is -19.0. The predicted molar refractivity (Wildman–Crippen MR) is 252 cm³/mol. The van der Waals surface area contributed by atoms with Gasteiger partial charge in [-0.25, -0.2) is 0 Å². The lowest BCUT2D eigenvalue weighted by atomic mass is 9.81. The number of anilines is 3. The van der Waals surface area contributed by atoms with Crippen LogP contribution in [-0.2, 0) is 10.8 Å². The van der Waals surface area contributed by atoms with E-state index < -0.39 is 266 Å². The summed E-state index contributed by atoms with van der Waals surface area (Å²) in [6.07, 6.45) is 0. The van der Waals surface area contributed by atoms with Crippen molar-refractivity contribution in [1.29, 1.82) is 0 Å². The minimum atomic E-state index is -3.80. The van der Waals surface area contributed by atoms with Crippen LogP contribution in [-0.4, -0.2) is 0 Å². The summed E-state index contributed by atoms with van der Waals surface area (Å²) in [5.74, 6) is 0. The van der Waals surface area contributed by atoms with Crippen molar-refractivity contribution in [2.24, 2.45) is 0 Å². The molecule has 0 saturated heterocycles. The molecule has 9 aromatic carbocycles. The molecule has 1 aromatic heterocycles. The van der Waals surface area contributed by atoms with E-state index in [1.165, 1.54) is 0 Å². The van der Waals surface area contributed by atoms with Crippen LogP contribution in [0.25, 0.3) is 77.2 Å². The highest BCUT2D eigenvalue weighted by Crippen LogP contribution is 2.53. The van der Waals surface area contributed by atoms with E-state index in [1.54, 1.807) is 0 Å². The smallest absolute Gasteiger partial charge is 0.137 e. The van der Waals surface area contributed by atoms with Gasteiger partial charge < -0.3 is 9.32 Å².